The molecule has 2 fully saturated rings. The van der Waals surface area contributed by atoms with E-state index in [9.17, 15) is 0 Å². The van der Waals surface area contributed by atoms with Crippen LogP contribution in [0.15, 0.2) is 0 Å². The third-order valence-electron chi connectivity index (χ3n) is 4.56. The van der Waals surface area contributed by atoms with Crippen LogP contribution in [0.25, 0.3) is 0 Å². The molecule has 0 aromatic carbocycles. The van der Waals surface area contributed by atoms with Gasteiger partial charge < -0.3 is 15.0 Å². The lowest BCUT2D eigenvalue weighted by Gasteiger charge is -2.36. The van der Waals surface area contributed by atoms with Gasteiger partial charge in [-0.3, -0.25) is 0 Å². The topological polar surface area (TPSA) is 24.5 Å². The van der Waals surface area contributed by atoms with Crippen LogP contribution in [-0.4, -0.2) is 49.8 Å². The van der Waals surface area contributed by atoms with Crippen molar-refractivity contribution in [1.82, 2.24) is 10.2 Å². The van der Waals surface area contributed by atoms with Crippen molar-refractivity contribution in [2.45, 2.75) is 70.1 Å². The minimum Gasteiger partial charge on any atom is -0.381 e. The molecule has 1 saturated carbocycles. The van der Waals surface area contributed by atoms with E-state index in [1.807, 2.05) is 7.11 Å². The molecule has 106 valence electrons. The highest BCUT2D eigenvalue weighted by atomic mass is 16.5. The van der Waals surface area contributed by atoms with E-state index >= 15 is 0 Å². The standard InChI is InChI=1S/C15H30N2O/c1-3-9-17-10-7-13(8-11-17)16-14-5-4-6-15(12-14)18-2/h13-16H,3-12H2,1-2H3. The SMILES string of the molecule is CCCN1CCC(NC2CCCC(OC)C2)CC1. The first-order valence-electron chi connectivity index (χ1n) is 7.83. The Morgan fingerprint density at radius 3 is 2.56 bits per heavy atom. The number of ether oxygens (including phenoxy) is 1. The highest BCUT2D eigenvalue weighted by molar-refractivity contribution is 4.84. The van der Waals surface area contributed by atoms with Crippen LogP contribution in [-0.2, 0) is 4.74 Å². The van der Waals surface area contributed by atoms with Gasteiger partial charge in [0.2, 0.25) is 0 Å². The van der Waals surface area contributed by atoms with Crippen LogP contribution in [0.4, 0.5) is 0 Å². The number of methoxy groups -OCH3 is 1. The summed E-state index contributed by atoms with van der Waals surface area (Å²) in [5.41, 5.74) is 0. The first kappa shape index (κ1) is 14.3. The number of hydrogen-bond donors (Lipinski definition) is 1. The third-order valence-corrected chi connectivity index (χ3v) is 4.56. The fourth-order valence-corrected chi connectivity index (χ4v) is 3.48. The second kappa shape index (κ2) is 7.46. The number of rotatable bonds is 5. The van der Waals surface area contributed by atoms with Crippen LogP contribution in [0.5, 0.6) is 0 Å². The van der Waals surface area contributed by atoms with E-state index in [4.69, 9.17) is 4.74 Å². The van der Waals surface area contributed by atoms with Crippen molar-refractivity contribution in [1.29, 1.82) is 0 Å². The second-order valence-electron chi connectivity index (χ2n) is 6.00. The van der Waals surface area contributed by atoms with Crippen molar-refractivity contribution in [3.8, 4) is 0 Å². The Kier molecular flexibility index (Phi) is 5.93. The van der Waals surface area contributed by atoms with E-state index < -0.39 is 0 Å². The number of nitrogens with zero attached hydrogens (tertiary/aromatic N) is 1. The molecule has 0 bridgehead atoms. The quantitative estimate of drug-likeness (QED) is 0.815. The molecule has 2 unspecified atom stereocenters. The van der Waals surface area contributed by atoms with Gasteiger partial charge in [-0.1, -0.05) is 6.92 Å². The molecule has 1 saturated heterocycles. The van der Waals surface area contributed by atoms with E-state index in [-0.39, 0.29) is 0 Å². The Balaban J connectivity index is 1.67. The highest BCUT2D eigenvalue weighted by Gasteiger charge is 2.25. The first-order chi connectivity index (χ1) is 8.81. The molecule has 2 atom stereocenters. The zero-order valence-corrected chi connectivity index (χ0v) is 12.2. The normalized spacial score (nSPS) is 31.7. The average molecular weight is 254 g/mol. The van der Waals surface area contributed by atoms with Crippen LogP contribution >= 0.6 is 0 Å². The highest BCUT2D eigenvalue weighted by Crippen LogP contribution is 2.22. The summed E-state index contributed by atoms with van der Waals surface area (Å²) >= 11 is 0. The van der Waals surface area contributed by atoms with Gasteiger partial charge in [-0.2, -0.15) is 0 Å². The molecule has 1 heterocycles. The molecule has 3 heteroatoms. The Morgan fingerprint density at radius 1 is 1.11 bits per heavy atom. The maximum atomic E-state index is 5.51. The Labute approximate surface area is 112 Å². The van der Waals surface area contributed by atoms with Crippen LogP contribution in [0.1, 0.15) is 51.9 Å². The lowest BCUT2D eigenvalue weighted by Crippen LogP contribution is -2.48. The molecule has 1 aliphatic carbocycles. The minimum atomic E-state index is 0.497. The Morgan fingerprint density at radius 2 is 1.89 bits per heavy atom. The smallest absolute Gasteiger partial charge is 0.0586 e. The fraction of sp³-hybridized carbons (Fsp3) is 1.00. The predicted molar refractivity (Wildman–Crippen MR) is 75.9 cm³/mol. The fourth-order valence-electron chi connectivity index (χ4n) is 3.48. The molecule has 2 rings (SSSR count). The van der Waals surface area contributed by atoms with E-state index in [1.165, 1.54) is 64.6 Å². The summed E-state index contributed by atoms with van der Waals surface area (Å²) in [7, 11) is 1.86. The van der Waals surface area contributed by atoms with E-state index in [0.29, 0.717) is 12.1 Å². The molecule has 0 radical (unpaired) electrons. The van der Waals surface area contributed by atoms with Gasteiger partial charge in [-0.25, -0.2) is 0 Å². The van der Waals surface area contributed by atoms with Gasteiger partial charge in [-0.05, 0) is 64.6 Å². The molecular weight excluding hydrogens is 224 g/mol. The molecule has 1 aliphatic heterocycles. The van der Waals surface area contributed by atoms with Crippen molar-refractivity contribution in [2.75, 3.05) is 26.7 Å². The maximum absolute atomic E-state index is 5.51. The monoisotopic (exact) mass is 254 g/mol. The minimum absolute atomic E-state index is 0.497. The Hall–Kier alpha value is -0.120. The molecular formula is C15H30N2O. The van der Waals surface area contributed by atoms with E-state index in [0.717, 1.165) is 6.04 Å². The van der Waals surface area contributed by atoms with Gasteiger partial charge in [0.1, 0.15) is 0 Å². The zero-order chi connectivity index (χ0) is 12.8. The van der Waals surface area contributed by atoms with Crippen LogP contribution in [0.2, 0.25) is 0 Å². The molecule has 0 spiro atoms. The lowest BCUT2D eigenvalue weighted by molar-refractivity contribution is 0.0545. The summed E-state index contributed by atoms with van der Waals surface area (Å²) in [6.07, 6.45) is 9.57. The largest absolute Gasteiger partial charge is 0.381 e. The summed E-state index contributed by atoms with van der Waals surface area (Å²) in [6, 6.07) is 1.45. The van der Waals surface area contributed by atoms with Gasteiger partial charge in [0.15, 0.2) is 0 Å². The lowest BCUT2D eigenvalue weighted by atomic mass is 9.91. The molecule has 0 aromatic rings. The van der Waals surface area contributed by atoms with Crippen LogP contribution in [0.3, 0.4) is 0 Å². The number of nitrogens with one attached hydrogen (secondary N) is 1. The summed E-state index contributed by atoms with van der Waals surface area (Å²) in [5.74, 6) is 0. The maximum Gasteiger partial charge on any atom is 0.0586 e. The number of piperidine rings is 1. The van der Waals surface area contributed by atoms with Crippen molar-refractivity contribution < 1.29 is 4.74 Å². The van der Waals surface area contributed by atoms with Gasteiger partial charge in [-0.15, -0.1) is 0 Å². The Bertz CT molecular complexity index is 227. The molecule has 18 heavy (non-hydrogen) atoms. The van der Waals surface area contributed by atoms with E-state index in [1.54, 1.807) is 0 Å². The van der Waals surface area contributed by atoms with Gasteiger partial charge in [0, 0.05) is 19.2 Å². The van der Waals surface area contributed by atoms with Gasteiger partial charge in [0.05, 0.1) is 6.10 Å². The zero-order valence-electron chi connectivity index (χ0n) is 12.2. The van der Waals surface area contributed by atoms with Gasteiger partial charge >= 0.3 is 0 Å². The molecule has 1 N–H and O–H groups in total. The molecule has 0 amide bonds. The van der Waals surface area contributed by atoms with Gasteiger partial charge in [0.25, 0.3) is 0 Å². The summed E-state index contributed by atoms with van der Waals surface area (Å²) < 4.78 is 5.51. The van der Waals surface area contributed by atoms with Crippen molar-refractivity contribution in [2.24, 2.45) is 0 Å². The van der Waals surface area contributed by atoms with Crippen LogP contribution < -0.4 is 5.32 Å². The van der Waals surface area contributed by atoms with E-state index in [2.05, 4.69) is 17.1 Å². The molecule has 3 nitrogen and oxygen atoms in total. The summed E-state index contributed by atoms with van der Waals surface area (Å²) in [6.45, 7) is 6.12. The van der Waals surface area contributed by atoms with Crippen molar-refractivity contribution >= 4 is 0 Å². The van der Waals surface area contributed by atoms with Crippen molar-refractivity contribution in [3.63, 3.8) is 0 Å². The average Bonchev–Trinajstić information content (AvgIpc) is 2.42. The van der Waals surface area contributed by atoms with Crippen LogP contribution in [0, 0.1) is 0 Å². The summed E-state index contributed by atoms with van der Waals surface area (Å²) in [5, 5.41) is 3.88. The third kappa shape index (κ3) is 4.22. The summed E-state index contributed by atoms with van der Waals surface area (Å²) in [4.78, 5) is 2.61. The number of likely N-dealkylation sites (tertiary alicyclic amines) is 1. The second-order valence-corrected chi connectivity index (χ2v) is 6.00. The molecule has 2 aliphatic rings. The number of hydrogen-bond acceptors (Lipinski definition) is 3. The van der Waals surface area contributed by atoms with Crippen molar-refractivity contribution in [3.05, 3.63) is 0 Å². The predicted octanol–water partition coefficient (Wildman–Crippen LogP) is 2.41. The molecule has 0 aromatic heterocycles. The first-order valence-corrected chi connectivity index (χ1v) is 7.83.